The van der Waals surface area contributed by atoms with Crippen LogP contribution in [0, 0.1) is 5.92 Å². The standard InChI is InChI=1S/C16H23NO2/c18-14-4-5-15-13(10-14)2-1-3-16(15)17-11-12-6-8-19-9-7-12/h4-5,10,12,16-18H,1-3,6-9,11H2. The normalized spacial score (nSPS) is 24.1. The van der Waals surface area contributed by atoms with Crippen LogP contribution in [0.5, 0.6) is 5.75 Å². The molecular formula is C16H23NO2. The molecule has 19 heavy (non-hydrogen) atoms. The van der Waals surface area contributed by atoms with Crippen molar-refractivity contribution in [1.82, 2.24) is 5.32 Å². The quantitative estimate of drug-likeness (QED) is 0.879. The lowest BCUT2D eigenvalue weighted by molar-refractivity contribution is 0.0652. The number of rotatable bonds is 3. The van der Waals surface area contributed by atoms with E-state index >= 15 is 0 Å². The Bertz CT molecular complexity index is 427. The molecule has 0 spiro atoms. The van der Waals surface area contributed by atoms with E-state index in [-0.39, 0.29) is 0 Å². The molecule has 1 heterocycles. The van der Waals surface area contributed by atoms with Crippen LogP contribution in [0.15, 0.2) is 18.2 Å². The number of aryl methyl sites for hydroxylation is 1. The van der Waals surface area contributed by atoms with Gasteiger partial charge in [0.15, 0.2) is 0 Å². The van der Waals surface area contributed by atoms with Crippen LogP contribution in [0.2, 0.25) is 0 Å². The zero-order valence-corrected chi connectivity index (χ0v) is 11.4. The van der Waals surface area contributed by atoms with Crippen molar-refractivity contribution in [3.63, 3.8) is 0 Å². The lowest BCUT2D eigenvalue weighted by Gasteiger charge is -2.29. The van der Waals surface area contributed by atoms with Gasteiger partial charge in [0.05, 0.1) is 0 Å². The first kappa shape index (κ1) is 12.9. The highest BCUT2D eigenvalue weighted by Crippen LogP contribution is 2.32. The first-order valence-electron chi connectivity index (χ1n) is 7.46. The summed E-state index contributed by atoms with van der Waals surface area (Å²) in [5.74, 6) is 1.15. The minimum Gasteiger partial charge on any atom is -0.508 e. The summed E-state index contributed by atoms with van der Waals surface area (Å²) in [6, 6.07) is 6.29. The average Bonchev–Trinajstić information content (AvgIpc) is 2.45. The number of fused-ring (bicyclic) bond motifs is 1. The predicted octanol–water partition coefficient (Wildman–Crippen LogP) is 2.79. The summed E-state index contributed by atoms with van der Waals surface area (Å²) in [4.78, 5) is 0. The molecule has 1 fully saturated rings. The molecule has 3 heteroatoms. The fourth-order valence-electron chi connectivity index (χ4n) is 3.27. The van der Waals surface area contributed by atoms with E-state index in [2.05, 4.69) is 11.4 Å². The number of benzene rings is 1. The number of hydrogen-bond acceptors (Lipinski definition) is 3. The van der Waals surface area contributed by atoms with Crippen LogP contribution in [-0.2, 0) is 11.2 Å². The van der Waals surface area contributed by atoms with Gasteiger partial charge in [-0.2, -0.15) is 0 Å². The van der Waals surface area contributed by atoms with Crippen molar-refractivity contribution in [2.45, 2.75) is 38.1 Å². The number of aromatic hydroxyl groups is 1. The van der Waals surface area contributed by atoms with Crippen molar-refractivity contribution in [1.29, 1.82) is 0 Å². The van der Waals surface area contributed by atoms with Crippen LogP contribution in [0.3, 0.4) is 0 Å². The van der Waals surface area contributed by atoms with E-state index in [0.29, 0.717) is 11.8 Å². The van der Waals surface area contributed by atoms with Crippen molar-refractivity contribution >= 4 is 0 Å². The summed E-state index contributed by atoms with van der Waals surface area (Å²) in [6.45, 7) is 2.93. The van der Waals surface area contributed by atoms with Crippen molar-refractivity contribution in [2.75, 3.05) is 19.8 Å². The molecule has 1 aromatic rings. The van der Waals surface area contributed by atoms with Crippen LogP contribution in [0.1, 0.15) is 42.9 Å². The minimum atomic E-state index is 0.392. The van der Waals surface area contributed by atoms with Gasteiger partial charge in [0, 0.05) is 19.3 Å². The molecule has 0 aromatic heterocycles. The number of nitrogens with one attached hydrogen (secondary N) is 1. The molecule has 2 aliphatic rings. The van der Waals surface area contributed by atoms with E-state index in [1.165, 1.54) is 36.8 Å². The van der Waals surface area contributed by atoms with E-state index in [9.17, 15) is 5.11 Å². The van der Waals surface area contributed by atoms with E-state index in [1.807, 2.05) is 12.1 Å². The lowest BCUT2D eigenvalue weighted by Crippen LogP contribution is -2.32. The van der Waals surface area contributed by atoms with Crippen molar-refractivity contribution in [2.24, 2.45) is 5.92 Å². The fourth-order valence-corrected chi connectivity index (χ4v) is 3.27. The van der Waals surface area contributed by atoms with E-state index in [4.69, 9.17) is 4.74 Å². The molecule has 0 bridgehead atoms. The largest absolute Gasteiger partial charge is 0.508 e. The van der Waals surface area contributed by atoms with Gasteiger partial charge in [-0.3, -0.25) is 0 Å². The molecule has 1 aromatic carbocycles. The van der Waals surface area contributed by atoms with Crippen LogP contribution < -0.4 is 5.32 Å². The highest BCUT2D eigenvalue weighted by atomic mass is 16.5. The zero-order valence-electron chi connectivity index (χ0n) is 11.4. The fraction of sp³-hybridized carbons (Fsp3) is 0.625. The molecule has 2 N–H and O–H groups in total. The van der Waals surface area contributed by atoms with Gasteiger partial charge < -0.3 is 15.2 Å². The Hall–Kier alpha value is -1.06. The van der Waals surface area contributed by atoms with Gasteiger partial charge in [-0.15, -0.1) is 0 Å². The Balaban J connectivity index is 1.63. The second-order valence-corrected chi connectivity index (χ2v) is 5.79. The highest BCUT2D eigenvalue weighted by molar-refractivity contribution is 5.38. The molecule has 3 rings (SSSR count). The van der Waals surface area contributed by atoms with Gasteiger partial charge >= 0.3 is 0 Å². The second-order valence-electron chi connectivity index (χ2n) is 5.79. The molecule has 104 valence electrons. The van der Waals surface area contributed by atoms with Crippen molar-refractivity contribution in [3.05, 3.63) is 29.3 Å². The minimum absolute atomic E-state index is 0.392. The molecule has 0 saturated carbocycles. The molecule has 1 atom stereocenters. The second kappa shape index (κ2) is 5.93. The number of phenolic OH excluding ortho intramolecular Hbond substituents is 1. The summed E-state index contributed by atoms with van der Waals surface area (Å²) in [6.07, 6.45) is 5.88. The third kappa shape index (κ3) is 3.10. The molecule has 1 aliphatic carbocycles. The number of phenols is 1. The summed E-state index contributed by atoms with van der Waals surface area (Å²) in [5, 5.41) is 13.3. The van der Waals surface area contributed by atoms with E-state index in [0.717, 1.165) is 32.1 Å². The lowest BCUT2D eigenvalue weighted by atomic mass is 9.87. The Labute approximate surface area is 115 Å². The predicted molar refractivity (Wildman–Crippen MR) is 75.3 cm³/mol. The third-order valence-corrected chi connectivity index (χ3v) is 4.43. The molecule has 1 aliphatic heterocycles. The maximum Gasteiger partial charge on any atom is 0.115 e. The van der Waals surface area contributed by atoms with Crippen LogP contribution in [0.25, 0.3) is 0 Å². The Morgan fingerprint density at radius 1 is 1.21 bits per heavy atom. The van der Waals surface area contributed by atoms with Gasteiger partial charge in [-0.1, -0.05) is 6.07 Å². The Morgan fingerprint density at radius 3 is 2.89 bits per heavy atom. The molecule has 0 amide bonds. The van der Waals surface area contributed by atoms with Crippen LogP contribution in [-0.4, -0.2) is 24.9 Å². The summed E-state index contributed by atoms with van der Waals surface area (Å²) in [5.41, 5.74) is 2.70. The summed E-state index contributed by atoms with van der Waals surface area (Å²) >= 11 is 0. The molecule has 1 unspecified atom stereocenters. The summed E-state index contributed by atoms with van der Waals surface area (Å²) < 4.78 is 5.41. The van der Waals surface area contributed by atoms with Gasteiger partial charge in [-0.25, -0.2) is 0 Å². The average molecular weight is 261 g/mol. The van der Waals surface area contributed by atoms with Gasteiger partial charge in [0.25, 0.3) is 0 Å². The SMILES string of the molecule is Oc1ccc2c(c1)CCCC2NCC1CCOCC1. The maximum atomic E-state index is 9.57. The number of hydrogen-bond donors (Lipinski definition) is 2. The first-order valence-corrected chi connectivity index (χ1v) is 7.46. The smallest absolute Gasteiger partial charge is 0.115 e. The van der Waals surface area contributed by atoms with Crippen molar-refractivity contribution < 1.29 is 9.84 Å². The molecule has 3 nitrogen and oxygen atoms in total. The topological polar surface area (TPSA) is 41.5 Å². The van der Waals surface area contributed by atoms with Gasteiger partial charge in [0.2, 0.25) is 0 Å². The van der Waals surface area contributed by atoms with Gasteiger partial charge in [-0.05, 0) is 67.8 Å². The maximum absolute atomic E-state index is 9.57. The Morgan fingerprint density at radius 2 is 2.05 bits per heavy atom. The molecule has 0 radical (unpaired) electrons. The zero-order chi connectivity index (χ0) is 13.1. The summed E-state index contributed by atoms with van der Waals surface area (Å²) in [7, 11) is 0. The monoisotopic (exact) mass is 261 g/mol. The Kier molecular flexibility index (Phi) is 4.04. The highest BCUT2D eigenvalue weighted by Gasteiger charge is 2.22. The van der Waals surface area contributed by atoms with Crippen LogP contribution in [0.4, 0.5) is 0 Å². The number of ether oxygens (including phenoxy) is 1. The van der Waals surface area contributed by atoms with E-state index in [1.54, 1.807) is 0 Å². The third-order valence-electron chi connectivity index (χ3n) is 4.43. The van der Waals surface area contributed by atoms with E-state index < -0.39 is 0 Å². The first-order chi connectivity index (χ1) is 9.33. The van der Waals surface area contributed by atoms with Crippen LogP contribution >= 0.6 is 0 Å². The van der Waals surface area contributed by atoms with Gasteiger partial charge in [0.1, 0.15) is 5.75 Å². The van der Waals surface area contributed by atoms with Crippen molar-refractivity contribution in [3.8, 4) is 5.75 Å². The molecular weight excluding hydrogens is 238 g/mol. The molecule has 1 saturated heterocycles.